The van der Waals surface area contributed by atoms with Crippen molar-refractivity contribution in [1.29, 1.82) is 0 Å². The molecule has 0 aliphatic heterocycles. The van der Waals surface area contributed by atoms with Gasteiger partial charge in [-0.2, -0.15) is 12.6 Å². The van der Waals surface area contributed by atoms with Gasteiger partial charge in [-0.15, -0.1) is 0 Å². The van der Waals surface area contributed by atoms with Crippen LogP contribution in [0.2, 0.25) is 0 Å². The molecule has 3 amide bonds. The molecule has 0 bridgehead atoms. The maximum absolute atomic E-state index is 12.6. The molecule has 14 nitrogen and oxygen atoms in total. The van der Waals surface area contributed by atoms with Gasteiger partial charge < -0.3 is 42.0 Å². The highest BCUT2D eigenvalue weighted by Gasteiger charge is 2.33. The summed E-state index contributed by atoms with van der Waals surface area (Å²) >= 11 is 3.84. The number of carboxylic acid groups (broad SMARTS) is 2. The number of amides is 3. The molecule has 32 heavy (non-hydrogen) atoms. The number of hydrogen-bond acceptors (Lipinski definition) is 9. The Balaban J connectivity index is 2.93. The first-order valence-electron chi connectivity index (χ1n) is 9.33. The van der Waals surface area contributed by atoms with Gasteiger partial charge >= 0.3 is 11.9 Å². The van der Waals surface area contributed by atoms with Crippen LogP contribution in [0.15, 0.2) is 12.5 Å². The van der Waals surface area contributed by atoms with E-state index < -0.39 is 66.4 Å². The summed E-state index contributed by atoms with van der Waals surface area (Å²) in [7, 11) is 0. The third-order valence-corrected chi connectivity index (χ3v) is 4.59. The molecule has 0 saturated carbocycles. The first kappa shape index (κ1) is 26.9. The Bertz CT molecular complexity index is 818. The van der Waals surface area contributed by atoms with E-state index in [1.54, 1.807) is 0 Å². The Labute approximate surface area is 187 Å². The second-order valence-corrected chi connectivity index (χ2v) is 7.22. The number of aliphatic hydroxyl groups excluding tert-OH is 1. The van der Waals surface area contributed by atoms with Crippen LogP contribution < -0.4 is 21.7 Å². The largest absolute Gasteiger partial charge is 0.481 e. The van der Waals surface area contributed by atoms with Crippen molar-refractivity contribution in [3.8, 4) is 0 Å². The SMILES string of the molecule is CC(O)C(NC(=O)C(CC(=O)O)NC(=O)C(N)CS)C(=O)NC(Cc1cnc[nH]1)C(=O)O. The van der Waals surface area contributed by atoms with Crippen molar-refractivity contribution in [3.05, 3.63) is 18.2 Å². The number of carbonyl (C=O) groups is 5. The van der Waals surface area contributed by atoms with Crippen LogP contribution in [0.25, 0.3) is 0 Å². The predicted molar refractivity (Wildman–Crippen MR) is 111 cm³/mol. The second kappa shape index (κ2) is 12.6. The third kappa shape index (κ3) is 8.52. The lowest BCUT2D eigenvalue weighted by atomic mass is 10.1. The number of thiol groups is 1. The van der Waals surface area contributed by atoms with E-state index in [-0.39, 0.29) is 12.2 Å². The zero-order valence-corrected chi connectivity index (χ0v) is 17.9. The van der Waals surface area contributed by atoms with Gasteiger partial charge in [-0.1, -0.05) is 0 Å². The van der Waals surface area contributed by atoms with Crippen LogP contribution in [0.4, 0.5) is 0 Å². The third-order valence-electron chi connectivity index (χ3n) is 4.20. The average Bonchev–Trinajstić information content (AvgIpc) is 3.22. The van der Waals surface area contributed by atoms with E-state index in [1.165, 1.54) is 12.5 Å². The Morgan fingerprint density at radius 2 is 1.72 bits per heavy atom. The Hall–Kier alpha value is -3.17. The van der Waals surface area contributed by atoms with Crippen molar-refractivity contribution in [3.63, 3.8) is 0 Å². The summed E-state index contributed by atoms with van der Waals surface area (Å²) < 4.78 is 0. The fourth-order valence-electron chi connectivity index (χ4n) is 2.48. The second-order valence-electron chi connectivity index (χ2n) is 6.86. The van der Waals surface area contributed by atoms with Crippen LogP contribution in [0.1, 0.15) is 19.0 Å². The number of rotatable bonds is 13. The Morgan fingerprint density at radius 3 is 2.19 bits per heavy atom. The number of carbonyl (C=O) groups excluding carboxylic acids is 3. The molecular weight excluding hydrogens is 448 g/mol. The smallest absolute Gasteiger partial charge is 0.326 e. The summed E-state index contributed by atoms with van der Waals surface area (Å²) in [5.41, 5.74) is 5.91. The van der Waals surface area contributed by atoms with Crippen LogP contribution >= 0.6 is 12.6 Å². The summed E-state index contributed by atoms with van der Waals surface area (Å²) in [6.07, 6.45) is 0.223. The number of hydrogen-bond donors (Lipinski definition) is 9. The van der Waals surface area contributed by atoms with Crippen molar-refractivity contribution < 1.29 is 39.3 Å². The highest BCUT2D eigenvalue weighted by molar-refractivity contribution is 7.80. The normalized spacial score (nSPS) is 15.5. The van der Waals surface area contributed by atoms with E-state index in [0.29, 0.717) is 5.69 Å². The van der Waals surface area contributed by atoms with E-state index in [0.717, 1.165) is 6.92 Å². The molecule has 178 valence electrons. The van der Waals surface area contributed by atoms with E-state index in [2.05, 4.69) is 38.5 Å². The quantitative estimate of drug-likeness (QED) is 0.128. The lowest BCUT2D eigenvalue weighted by molar-refractivity contribution is -0.144. The first-order chi connectivity index (χ1) is 15.0. The lowest BCUT2D eigenvalue weighted by Crippen LogP contribution is -2.60. The number of imidazole rings is 1. The molecule has 0 saturated heterocycles. The molecule has 1 heterocycles. The van der Waals surface area contributed by atoms with Gasteiger partial charge in [0.15, 0.2) is 0 Å². The van der Waals surface area contributed by atoms with E-state index in [9.17, 15) is 34.2 Å². The number of nitrogens with two attached hydrogens (primary N) is 1. The molecule has 0 fully saturated rings. The molecule has 0 aliphatic carbocycles. The topological polar surface area (TPSA) is 237 Å². The highest BCUT2D eigenvalue weighted by atomic mass is 32.1. The van der Waals surface area contributed by atoms with Crippen LogP contribution in [0.5, 0.6) is 0 Å². The maximum Gasteiger partial charge on any atom is 0.326 e. The fraction of sp³-hybridized carbons (Fsp3) is 0.529. The molecule has 5 atom stereocenters. The van der Waals surface area contributed by atoms with Gasteiger partial charge in [0.25, 0.3) is 0 Å². The number of aromatic nitrogens is 2. The van der Waals surface area contributed by atoms with Gasteiger partial charge in [0.05, 0.1) is 24.9 Å². The minimum atomic E-state index is -1.64. The Morgan fingerprint density at radius 1 is 1.09 bits per heavy atom. The number of aliphatic hydroxyl groups is 1. The minimum absolute atomic E-state index is 0.0706. The summed E-state index contributed by atoms with van der Waals surface area (Å²) in [6, 6.07) is -5.78. The molecule has 0 spiro atoms. The van der Waals surface area contributed by atoms with E-state index >= 15 is 0 Å². The molecule has 15 heteroatoms. The summed E-state index contributed by atoms with van der Waals surface area (Å²) in [5, 5.41) is 34.8. The number of nitrogens with zero attached hydrogens (tertiary/aromatic N) is 1. The van der Waals surface area contributed by atoms with Gasteiger partial charge in [-0.05, 0) is 6.92 Å². The zero-order valence-electron chi connectivity index (χ0n) is 17.0. The highest BCUT2D eigenvalue weighted by Crippen LogP contribution is 2.03. The summed E-state index contributed by atoms with van der Waals surface area (Å²) in [5.74, 6) is -5.83. The van der Waals surface area contributed by atoms with Crippen molar-refractivity contribution >= 4 is 42.3 Å². The molecule has 1 rings (SSSR count). The van der Waals surface area contributed by atoms with Gasteiger partial charge in [0.2, 0.25) is 17.7 Å². The number of nitrogens with one attached hydrogen (secondary N) is 4. The molecular formula is C17H26N6O8S. The number of carboxylic acids is 2. The number of aromatic amines is 1. The van der Waals surface area contributed by atoms with Crippen molar-refractivity contribution in [2.45, 2.75) is 50.0 Å². The van der Waals surface area contributed by atoms with Crippen LogP contribution in [-0.2, 0) is 30.4 Å². The minimum Gasteiger partial charge on any atom is -0.481 e. The van der Waals surface area contributed by atoms with E-state index in [4.69, 9.17) is 10.8 Å². The maximum atomic E-state index is 12.6. The van der Waals surface area contributed by atoms with Gasteiger partial charge in [0.1, 0.15) is 18.1 Å². The molecule has 9 N–H and O–H groups in total. The van der Waals surface area contributed by atoms with Crippen LogP contribution in [-0.4, -0.2) is 91.0 Å². The number of aliphatic carboxylic acids is 2. The lowest BCUT2D eigenvalue weighted by Gasteiger charge is -2.26. The summed E-state index contributed by atoms with van der Waals surface area (Å²) in [4.78, 5) is 66.1. The van der Waals surface area contributed by atoms with E-state index in [1.807, 2.05) is 0 Å². The molecule has 0 aliphatic rings. The van der Waals surface area contributed by atoms with Crippen molar-refractivity contribution in [1.82, 2.24) is 25.9 Å². The standard InChI is InChI=1S/C17H26N6O8S/c1-7(24)13(16(29)22-11(17(30)31)2-8-4-19-6-20-8)23-15(28)10(3-12(25)26)21-14(27)9(18)5-32/h4,6-7,9-11,13,24,32H,2-3,5,18H2,1H3,(H,19,20)(H,21,27)(H,22,29)(H,23,28)(H,25,26)(H,30,31). The van der Waals surface area contributed by atoms with Crippen molar-refractivity contribution in [2.75, 3.05) is 5.75 Å². The average molecular weight is 474 g/mol. The first-order valence-corrected chi connectivity index (χ1v) is 9.97. The Kier molecular flexibility index (Phi) is 10.6. The predicted octanol–water partition coefficient (Wildman–Crippen LogP) is -3.40. The molecule has 0 radical (unpaired) electrons. The van der Waals surface area contributed by atoms with Crippen LogP contribution in [0, 0.1) is 0 Å². The monoisotopic (exact) mass is 474 g/mol. The van der Waals surface area contributed by atoms with Gasteiger partial charge in [-0.3, -0.25) is 19.2 Å². The van der Waals surface area contributed by atoms with Crippen molar-refractivity contribution in [2.24, 2.45) is 5.73 Å². The molecule has 1 aromatic heterocycles. The fourth-order valence-corrected chi connectivity index (χ4v) is 2.65. The van der Waals surface area contributed by atoms with Crippen LogP contribution in [0.3, 0.4) is 0 Å². The molecule has 0 aromatic carbocycles. The van der Waals surface area contributed by atoms with Gasteiger partial charge in [-0.25, -0.2) is 9.78 Å². The molecule has 5 unspecified atom stereocenters. The molecule has 1 aromatic rings. The van der Waals surface area contributed by atoms with Gasteiger partial charge in [0, 0.05) is 24.1 Å². The number of H-pyrrole nitrogens is 1. The zero-order chi connectivity index (χ0) is 24.4. The summed E-state index contributed by atoms with van der Waals surface area (Å²) in [6.45, 7) is 1.16.